The summed E-state index contributed by atoms with van der Waals surface area (Å²) in [6.07, 6.45) is 5.72. The Morgan fingerprint density at radius 3 is 2.42 bits per heavy atom. The average molecular weight is 355 g/mol. The second-order valence-electron chi connectivity index (χ2n) is 6.91. The van der Waals surface area contributed by atoms with E-state index in [2.05, 4.69) is 0 Å². The molecule has 0 aliphatic heterocycles. The van der Waals surface area contributed by atoms with Gasteiger partial charge in [0.05, 0.1) is 0 Å². The van der Waals surface area contributed by atoms with E-state index in [0.29, 0.717) is 12.0 Å². The third-order valence-corrected chi connectivity index (χ3v) is 4.84. The van der Waals surface area contributed by atoms with Crippen LogP contribution >= 0.6 is 0 Å². The number of nitrogens with two attached hydrogens (primary N) is 1. The minimum atomic E-state index is -0.676. The van der Waals surface area contributed by atoms with Crippen LogP contribution in [0.2, 0.25) is 0 Å². The van der Waals surface area contributed by atoms with Crippen LogP contribution in [0.5, 0.6) is 11.5 Å². The van der Waals surface area contributed by atoms with Crippen molar-refractivity contribution >= 4 is 5.97 Å². The van der Waals surface area contributed by atoms with E-state index in [-0.39, 0.29) is 23.6 Å². The molecule has 0 heterocycles. The molecule has 1 aliphatic carbocycles. The normalized spacial score (nSPS) is 16.2. The van der Waals surface area contributed by atoms with Crippen LogP contribution in [-0.2, 0) is 16.0 Å². The highest BCUT2D eigenvalue weighted by Gasteiger charge is 2.22. The predicted octanol–water partition coefficient (Wildman–Crippen LogP) is 3.51. The van der Waals surface area contributed by atoms with Gasteiger partial charge in [-0.2, -0.15) is 0 Å². The maximum absolute atomic E-state index is 12.2. The lowest BCUT2D eigenvalue weighted by molar-refractivity contribution is -0.152. The van der Waals surface area contributed by atoms with E-state index < -0.39 is 6.04 Å². The third-order valence-electron chi connectivity index (χ3n) is 4.84. The van der Waals surface area contributed by atoms with Gasteiger partial charge in [0.2, 0.25) is 0 Å². The molecule has 0 saturated heterocycles. The summed E-state index contributed by atoms with van der Waals surface area (Å²) >= 11 is 0. The molecule has 1 aliphatic rings. The summed E-state index contributed by atoms with van der Waals surface area (Å²) in [5.41, 5.74) is 8.40. The van der Waals surface area contributed by atoms with E-state index in [1.54, 1.807) is 6.07 Å². The Labute approximate surface area is 153 Å². The zero-order valence-corrected chi connectivity index (χ0v) is 14.7. The molecule has 1 saturated carbocycles. The number of hydrogen-bond acceptors (Lipinski definition) is 5. The third kappa shape index (κ3) is 4.55. The summed E-state index contributed by atoms with van der Waals surface area (Å²) in [4.78, 5) is 12.2. The van der Waals surface area contributed by atoms with Crippen LogP contribution in [0.15, 0.2) is 42.5 Å². The van der Waals surface area contributed by atoms with Crippen LogP contribution in [0.3, 0.4) is 0 Å². The van der Waals surface area contributed by atoms with Gasteiger partial charge in [-0.05, 0) is 55.4 Å². The van der Waals surface area contributed by atoms with Crippen LogP contribution in [0.4, 0.5) is 0 Å². The molecule has 0 unspecified atom stereocenters. The standard InChI is InChI=1S/C21H25NO4/c22-19(21(25)26-17-4-2-1-3-5-17)12-14-6-8-15(9-7-14)18-11-10-16(23)13-20(18)24/h6-11,13,17,19,23-24H,1-5,12,22H2/t19-/m1/s1. The van der Waals surface area contributed by atoms with Crippen molar-refractivity contribution in [1.82, 2.24) is 0 Å². The Hall–Kier alpha value is -2.53. The number of rotatable bonds is 5. The maximum atomic E-state index is 12.2. The highest BCUT2D eigenvalue weighted by molar-refractivity contribution is 5.76. The molecule has 0 amide bonds. The molecule has 26 heavy (non-hydrogen) atoms. The van der Waals surface area contributed by atoms with Gasteiger partial charge in [-0.3, -0.25) is 4.79 Å². The minimum Gasteiger partial charge on any atom is -0.508 e. The smallest absolute Gasteiger partial charge is 0.323 e. The van der Waals surface area contributed by atoms with E-state index in [4.69, 9.17) is 10.5 Å². The quantitative estimate of drug-likeness (QED) is 0.714. The Balaban J connectivity index is 1.60. The van der Waals surface area contributed by atoms with Gasteiger partial charge in [-0.25, -0.2) is 0 Å². The van der Waals surface area contributed by atoms with Crippen molar-refractivity contribution in [3.8, 4) is 22.6 Å². The fraction of sp³-hybridized carbons (Fsp3) is 0.381. The molecule has 5 nitrogen and oxygen atoms in total. The fourth-order valence-corrected chi connectivity index (χ4v) is 3.36. The summed E-state index contributed by atoms with van der Waals surface area (Å²) in [5, 5.41) is 19.3. The van der Waals surface area contributed by atoms with Crippen molar-refractivity contribution in [2.24, 2.45) is 5.73 Å². The first-order valence-corrected chi connectivity index (χ1v) is 9.10. The lowest BCUT2D eigenvalue weighted by Gasteiger charge is -2.23. The van der Waals surface area contributed by atoms with Gasteiger partial charge in [0.1, 0.15) is 23.6 Å². The summed E-state index contributed by atoms with van der Waals surface area (Å²) < 4.78 is 5.52. The molecule has 2 aromatic rings. The van der Waals surface area contributed by atoms with Gasteiger partial charge in [-0.15, -0.1) is 0 Å². The highest BCUT2D eigenvalue weighted by Crippen LogP contribution is 2.32. The molecule has 4 N–H and O–H groups in total. The minimum absolute atomic E-state index is 0.0159. The maximum Gasteiger partial charge on any atom is 0.323 e. The number of phenolic OH excluding ortho intramolecular Hbond substituents is 2. The van der Waals surface area contributed by atoms with Crippen LogP contribution < -0.4 is 5.73 Å². The molecule has 2 aromatic carbocycles. The Morgan fingerprint density at radius 1 is 1.08 bits per heavy atom. The molecular formula is C21H25NO4. The van der Waals surface area contributed by atoms with Crippen LogP contribution in [0, 0.1) is 0 Å². The lowest BCUT2D eigenvalue weighted by Crippen LogP contribution is -2.37. The van der Waals surface area contributed by atoms with Gasteiger partial charge in [-0.1, -0.05) is 30.7 Å². The molecule has 1 atom stereocenters. The first-order valence-electron chi connectivity index (χ1n) is 9.10. The van der Waals surface area contributed by atoms with Crippen molar-refractivity contribution < 1.29 is 19.7 Å². The number of aromatic hydroxyl groups is 2. The van der Waals surface area contributed by atoms with E-state index in [1.807, 2.05) is 24.3 Å². The summed E-state index contributed by atoms with van der Waals surface area (Å²) in [6.45, 7) is 0. The van der Waals surface area contributed by atoms with E-state index in [9.17, 15) is 15.0 Å². The van der Waals surface area contributed by atoms with Gasteiger partial charge >= 0.3 is 5.97 Å². The Morgan fingerprint density at radius 2 is 1.77 bits per heavy atom. The fourth-order valence-electron chi connectivity index (χ4n) is 3.36. The van der Waals surface area contributed by atoms with Gasteiger partial charge < -0.3 is 20.7 Å². The van der Waals surface area contributed by atoms with Gasteiger partial charge in [0.15, 0.2) is 0 Å². The Kier molecular flexibility index (Phi) is 5.78. The van der Waals surface area contributed by atoms with E-state index in [1.165, 1.54) is 18.6 Å². The summed E-state index contributed by atoms with van der Waals surface area (Å²) in [6, 6.07) is 11.3. The molecule has 0 aromatic heterocycles. The number of carbonyl (C=O) groups excluding carboxylic acids is 1. The number of esters is 1. The van der Waals surface area contributed by atoms with Crippen molar-refractivity contribution in [1.29, 1.82) is 0 Å². The number of carbonyl (C=O) groups is 1. The number of phenols is 2. The summed E-state index contributed by atoms with van der Waals surface area (Å²) in [7, 11) is 0. The van der Waals surface area contributed by atoms with Crippen LogP contribution in [0.25, 0.3) is 11.1 Å². The molecule has 0 bridgehead atoms. The largest absolute Gasteiger partial charge is 0.508 e. The second kappa shape index (κ2) is 8.23. The Bertz CT molecular complexity index is 751. The number of hydrogen-bond donors (Lipinski definition) is 3. The molecule has 0 spiro atoms. The molecule has 138 valence electrons. The van der Waals surface area contributed by atoms with Crippen LogP contribution in [-0.4, -0.2) is 28.3 Å². The van der Waals surface area contributed by atoms with Gasteiger partial charge in [0.25, 0.3) is 0 Å². The summed E-state index contributed by atoms with van der Waals surface area (Å²) in [5.74, 6) is -0.298. The van der Waals surface area contributed by atoms with Crippen LogP contribution in [0.1, 0.15) is 37.7 Å². The number of ether oxygens (including phenoxy) is 1. The van der Waals surface area contributed by atoms with Crippen molar-refractivity contribution in [2.45, 2.75) is 50.7 Å². The molecule has 1 fully saturated rings. The van der Waals surface area contributed by atoms with Crippen molar-refractivity contribution in [3.05, 3.63) is 48.0 Å². The predicted molar refractivity (Wildman–Crippen MR) is 99.9 cm³/mol. The first-order chi connectivity index (χ1) is 12.5. The zero-order valence-electron chi connectivity index (χ0n) is 14.7. The van der Waals surface area contributed by atoms with Gasteiger partial charge in [0, 0.05) is 11.6 Å². The van der Waals surface area contributed by atoms with Crippen molar-refractivity contribution in [2.75, 3.05) is 0 Å². The first kappa shape index (κ1) is 18.3. The average Bonchev–Trinajstić information content (AvgIpc) is 2.63. The van der Waals surface area contributed by atoms with E-state index >= 15 is 0 Å². The molecule has 5 heteroatoms. The van der Waals surface area contributed by atoms with E-state index in [0.717, 1.165) is 36.8 Å². The second-order valence-corrected chi connectivity index (χ2v) is 6.91. The van der Waals surface area contributed by atoms with Crippen molar-refractivity contribution in [3.63, 3.8) is 0 Å². The SMILES string of the molecule is N[C@H](Cc1ccc(-c2ccc(O)cc2O)cc1)C(=O)OC1CCCCC1. The molecular weight excluding hydrogens is 330 g/mol. The molecule has 0 radical (unpaired) electrons. The lowest BCUT2D eigenvalue weighted by atomic mass is 9.97. The zero-order chi connectivity index (χ0) is 18.5. The monoisotopic (exact) mass is 355 g/mol. The topological polar surface area (TPSA) is 92.8 Å². The number of benzene rings is 2. The molecule has 3 rings (SSSR count). The highest BCUT2D eigenvalue weighted by atomic mass is 16.5.